The molecule has 1 amide bonds. The van der Waals surface area contributed by atoms with E-state index in [1.54, 1.807) is 24.3 Å². The third-order valence-corrected chi connectivity index (χ3v) is 1.88. The van der Waals surface area contributed by atoms with Crippen molar-refractivity contribution in [1.82, 2.24) is 5.32 Å². The Morgan fingerprint density at radius 1 is 1.27 bits per heavy atom. The molecule has 0 spiro atoms. The van der Waals surface area contributed by atoms with Crippen LogP contribution in [0, 0.1) is 11.3 Å². The van der Waals surface area contributed by atoms with Gasteiger partial charge < -0.3 is 5.32 Å². The molecule has 0 atom stereocenters. The van der Waals surface area contributed by atoms with Gasteiger partial charge in [-0.15, -0.1) is 0 Å². The summed E-state index contributed by atoms with van der Waals surface area (Å²) < 4.78 is 0. The molecule has 0 radical (unpaired) electrons. The lowest BCUT2D eigenvalue weighted by molar-refractivity contribution is 0.0956. The highest BCUT2D eigenvalue weighted by Gasteiger charge is 2.05. The lowest BCUT2D eigenvalue weighted by Gasteiger charge is -2.01. The Hall–Kier alpha value is -2.15. The van der Waals surface area contributed by atoms with E-state index in [1.807, 2.05) is 6.07 Å². The number of rotatable bonds is 3. The predicted octanol–water partition coefficient (Wildman–Crippen LogP) is 1.14. The van der Waals surface area contributed by atoms with Gasteiger partial charge >= 0.3 is 0 Å². The Bertz CT molecular complexity index is 415. The molecule has 0 fully saturated rings. The minimum absolute atomic E-state index is 0.0205. The number of Topliss-reactive ketones (excluding diaryl/α,β-unsaturated/α-hetero) is 1. The van der Waals surface area contributed by atoms with Crippen molar-refractivity contribution in [2.45, 2.75) is 6.92 Å². The van der Waals surface area contributed by atoms with Crippen molar-refractivity contribution in [2.75, 3.05) is 6.54 Å². The van der Waals surface area contributed by atoms with E-state index < -0.39 is 0 Å². The van der Waals surface area contributed by atoms with Crippen LogP contribution < -0.4 is 5.32 Å². The fourth-order valence-electron chi connectivity index (χ4n) is 1.08. The number of nitrogens with one attached hydrogen (secondary N) is 1. The van der Waals surface area contributed by atoms with Gasteiger partial charge in [-0.3, -0.25) is 9.59 Å². The highest BCUT2D eigenvalue weighted by atomic mass is 16.1. The fraction of sp³-hybridized carbons (Fsp3) is 0.182. The van der Waals surface area contributed by atoms with E-state index in [0.29, 0.717) is 11.1 Å². The number of amides is 1. The van der Waals surface area contributed by atoms with Gasteiger partial charge in [-0.2, -0.15) is 5.26 Å². The lowest BCUT2D eigenvalue weighted by atomic mass is 10.1. The third kappa shape index (κ3) is 2.92. The van der Waals surface area contributed by atoms with E-state index in [-0.39, 0.29) is 18.2 Å². The first-order valence-electron chi connectivity index (χ1n) is 4.41. The molecule has 0 aliphatic rings. The number of hydrogen-bond acceptors (Lipinski definition) is 3. The number of nitrogens with zero attached hydrogens (tertiary/aromatic N) is 1. The second-order valence-electron chi connectivity index (χ2n) is 2.97. The van der Waals surface area contributed by atoms with Gasteiger partial charge in [0.2, 0.25) is 0 Å². The second kappa shape index (κ2) is 4.91. The summed E-state index contributed by atoms with van der Waals surface area (Å²) in [6, 6.07) is 8.10. The summed E-state index contributed by atoms with van der Waals surface area (Å²) in [6.45, 7) is 1.44. The molecule has 0 aliphatic carbocycles. The average Bonchev–Trinajstić information content (AvgIpc) is 2.26. The van der Waals surface area contributed by atoms with Crippen LogP contribution in [0.15, 0.2) is 24.3 Å². The summed E-state index contributed by atoms with van der Waals surface area (Å²) in [5.74, 6) is -0.356. The summed E-state index contributed by atoms with van der Waals surface area (Å²) in [6.07, 6.45) is 0. The average molecular weight is 202 g/mol. The molecule has 76 valence electrons. The molecule has 1 aromatic rings. The summed E-state index contributed by atoms with van der Waals surface area (Å²) >= 11 is 0. The normalized spacial score (nSPS) is 9.07. The summed E-state index contributed by atoms with van der Waals surface area (Å²) in [4.78, 5) is 22.3. The zero-order chi connectivity index (χ0) is 11.3. The summed E-state index contributed by atoms with van der Waals surface area (Å²) in [7, 11) is 0. The molecule has 1 N–H and O–H groups in total. The van der Waals surface area contributed by atoms with Crippen LogP contribution >= 0.6 is 0 Å². The van der Waals surface area contributed by atoms with Crippen LogP contribution in [-0.2, 0) is 0 Å². The van der Waals surface area contributed by atoms with Crippen LogP contribution in [0.2, 0.25) is 0 Å². The van der Waals surface area contributed by atoms with Crippen molar-refractivity contribution < 1.29 is 9.59 Å². The van der Waals surface area contributed by atoms with E-state index in [0.717, 1.165) is 0 Å². The van der Waals surface area contributed by atoms with Crippen LogP contribution in [0.25, 0.3) is 0 Å². The number of nitriles is 1. The number of hydrogen-bond donors (Lipinski definition) is 1. The first kappa shape index (κ1) is 10.9. The molecule has 0 saturated carbocycles. The Labute approximate surface area is 87.5 Å². The molecule has 0 unspecified atom stereocenters. The Kier molecular flexibility index (Phi) is 3.58. The molecule has 0 bridgehead atoms. The van der Waals surface area contributed by atoms with Gasteiger partial charge in [0.15, 0.2) is 5.78 Å². The van der Waals surface area contributed by atoms with Gasteiger partial charge in [0.1, 0.15) is 6.54 Å². The molecule has 1 aromatic carbocycles. The van der Waals surface area contributed by atoms with Crippen LogP contribution in [0.5, 0.6) is 0 Å². The first-order chi connectivity index (χ1) is 7.15. The van der Waals surface area contributed by atoms with Crippen molar-refractivity contribution in [2.24, 2.45) is 0 Å². The molecule has 0 aliphatic heterocycles. The Morgan fingerprint density at radius 2 is 1.80 bits per heavy atom. The molecule has 0 saturated heterocycles. The van der Waals surface area contributed by atoms with Gasteiger partial charge in [-0.25, -0.2) is 0 Å². The largest absolute Gasteiger partial charge is 0.339 e. The first-order valence-corrected chi connectivity index (χ1v) is 4.41. The van der Waals surface area contributed by atoms with E-state index in [9.17, 15) is 9.59 Å². The van der Waals surface area contributed by atoms with E-state index in [1.165, 1.54) is 6.92 Å². The highest BCUT2D eigenvalue weighted by Crippen LogP contribution is 2.04. The van der Waals surface area contributed by atoms with Crippen molar-refractivity contribution in [3.05, 3.63) is 35.4 Å². The number of carbonyl (C=O) groups excluding carboxylic acids is 2. The topological polar surface area (TPSA) is 70.0 Å². The smallest absolute Gasteiger partial charge is 0.252 e. The summed E-state index contributed by atoms with van der Waals surface area (Å²) in [5, 5.41) is 10.7. The molecule has 1 rings (SSSR count). The predicted molar refractivity (Wildman–Crippen MR) is 54.4 cm³/mol. The van der Waals surface area contributed by atoms with Crippen LogP contribution in [0.4, 0.5) is 0 Å². The van der Waals surface area contributed by atoms with Crippen molar-refractivity contribution in [3.8, 4) is 6.07 Å². The Balaban J connectivity index is 2.76. The monoisotopic (exact) mass is 202 g/mol. The van der Waals surface area contributed by atoms with Crippen molar-refractivity contribution in [3.63, 3.8) is 0 Å². The fourth-order valence-corrected chi connectivity index (χ4v) is 1.08. The molecule has 4 heteroatoms. The molecule has 0 heterocycles. The lowest BCUT2D eigenvalue weighted by Crippen LogP contribution is -2.23. The van der Waals surface area contributed by atoms with E-state index in [4.69, 9.17) is 5.26 Å². The number of ketones is 1. The molecular weight excluding hydrogens is 192 g/mol. The molecular formula is C11H10N2O2. The van der Waals surface area contributed by atoms with Gasteiger partial charge in [-0.1, -0.05) is 12.1 Å². The zero-order valence-corrected chi connectivity index (χ0v) is 8.28. The van der Waals surface area contributed by atoms with Gasteiger partial charge in [-0.05, 0) is 19.1 Å². The van der Waals surface area contributed by atoms with Gasteiger partial charge in [0, 0.05) is 11.1 Å². The van der Waals surface area contributed by atoms with Crippen LogP contribution in [-0.4, -0.2) is 18.2 Å². The standard InChI is InChI=1S/C11H10N2O2/c1-8(14)9-2-4-10(5-3-9)11(15)13-7-6-12/h2-5H,7H2,1H3,(H,13,15). The van der Waals surface area contributed by atoms with Crippen molar-refractivity contribution in [1.29, 1.82) is 5.26 Å². The number of benzene rings is 1. The van der Waals surface area contributed by atoms with E-state index >= 15 is 0 Å². The minimum Gasteiger partial charge on any atom is -0.339 e. The molecule has 4 nitrogen and oxygen atoms in total. The quantitative estimate of drug-likeness (QED) is 0.590. The molecule has 15 heavy (non-hydrogen) atoms. The minimum atomic E-state index is -0.313. The maximum Gasteiger partial charge on any atom is 0.252 e. The second-order valence-corrected chi connectivity index (χ2v) is 2.97. The van der Waals surface area contributed by atoms with Crippen LogP contribution in [0.3, 0.4) is 0 Å². The SMILES string of the molecule is CC(=O)c1ccc(C(=O)NCC#N)cc1. The van der Waals surface area contributed by atoms with Gasteiger partial charge in [0.05, 0.1) is 6.07 Å². The maximum atomic E-state index is 11.3. The zero-order valence-electron chi connectivity index (χ0n) is 8.28. The van der Waals surface area contributed by atoms with E-state index in [2.05, 4.69) is 5.32 Å². The van der Waals surface area contributed by atoms with Gasteiger partial charge in [0.25, 0.3) is 5.91 Å². The number of carbonyl (C=O) groups is 2. The summed E-state index contributed by atoms with van der Waals surface area (Å²) in [5.41, 5.74) is 1.00. The van der Waals surface area contributed by atoms with Crippen molar-refractivity contribution >= 4 is 11.7 Å². The highest BCUT2D eigenvalue weighted by molar-refractivity contribution is 5.97. The van der Waals surface area contributed by atoms with Crippen LogP contribution in [0.1, 0.15) is 27.6 Å². The third-order valence-electron chi connectivity index (χ3n) is 1.88. The Morgan fingerprint density at radius 3 is 2.27 bits per heavy atom. The maximum absolute atomic E-state index is 11.3. The molecule has 0 aromatic heterocycles.